The van der Waals surface area contributed by atoms with Crippen LogP contribution in [0.5, 0.6) is 5.75 Å². The number of hydrogen-bond acceptors (Lipinski definition) is 4. The van der Waals surface area contributed by atoms with Crippen LogP contribution in [0.25, 0.3) is 0 Å². The van der Waals surface area contributed by atoms with Crippen molar-refractivity contribution in [2.24, 2.45) is 0 Å². The van der Waals surface area contributed by atoms with Crippen LogP contribution in [-0.4, -0.2) is 15.0 Å². The summed E-state index contributed by atoms with van der Waals surface area (Å²) in [5.41, 5.74) is 8.16. The molecule has 6 heteroatoms. The van der Waals surface area contributed by atoms with Crippen LogP contribution in [0.15, 0.2) is 83.8 Å². The SMILES string of the molecule is Nc1ccc(S(=O)(=O)NCc2cccc(OCCc3ccccc3)c2)cc1. The molecule has 3 aromatic rings. The van der Waals surface area contributed by atoms with Gasteiger partial charge < -0.3 is 10.5 Å². The number of hydrogen-bond donors (Lipinski definition) is 2. The molecular weight excluding hydrogens is 360 g/mol. The van der Waals surface area contributed by atoms with Gasteiger partial charge in [-0.1, -0.05) is 42.5 Å². The first-order valence-electron chi connectivity index (χ1n) is 8.64. The maximum absolute atomic E-state index is 12.3. The Morgan fingerprint density at radius 2 is 1.56 bits per heavy atom. The van der Waals surface area contributed by atoms with Gasteiger partial charge in [-0.2, -0.15) is 0 Å². The Kier molecular flexibility index (Phi) is 6.11. The Labute approximate surface area is 159 Å². The van der Waals surface area contributed by atoms with Gasteiger partial charge in [0.15, 0.2) is 0 Å². The summed E-state index contributed by atoms with van der Waals surface area (Å²) in [6.07, 6.45) is 0.814. The van der Waals surface area contributed by atoms with Gasteiger partial charge in [0, 0.05) is 18.7 Å². The second kappa shape index (κ2) is 8.70. The first kappa shape index (κ1) is 18.9. The Hall–Kier alpha value is -2.83. The summed E-state index contributed by atoms with van der Waals surface area (Å²) in [5, 5.41) is 0. The van der Waals surface area contributed by atoms with E-state index in [1.165, 1.54) is 17.7 Å². The molecule has 0 amide bonds. The van der Waals surface area contributed by atoms with Gasteiger partial charge >= 0.3 is 0 Å². The highest BCUT2D eigenvalue weighted by atomic mass is 32.2. The molecule has 5 nitrogen and oxygen atoms in total. The molecule has 0 aliphatic heterocycles. The lowest BCUT2D eigenvalue weighted by Crippen LogP contribution is -2.23. The molecule has 27 heavy (non-hydrogen) atoms. The van der Waals surface area contributed by atoms with Crippen LogP contribution < -0.4 is 15.2 Å². The molecule has 0 aliphatic carbocycles. The number of nitrogens with one attached hydrogen (secondary N) is 1. The molecule has 3 rings (SSSR count). The molecule has 0 spiro atoms. The zero-order valence-corrected chi connectivity index (χ0v) is 15.7. The molecular formula is C21H22N2O3S. The Balaban J connectivity index is 1.56. The summed E-state index contributed by atoms with van der Waals surface area (Å²) in [6.45, 7) is 0.743. The summed E-state index contributed by atoms with van der Waals surface area (Å²) in [6, 6.07) is 23.6. The van der Waals surface area contributed by atoms with E-state index in [1.807, 2.05) is 42.5 Å². The minimum atomic E-state index is -3.59. The van der Waals surface area contributed by atoms with Crippen LogP contribution in [0.4, 0.5) is 5.69 Å². The molecule has 0 radical (unpaired) electrons. The van der Waals surface area contributed by atoms with Gasteiger partial charge in [0.1, 0.15) is 5.75 Å². The third kappa shape index (κ3) is 5.57. The lowest BCUT2D eigenvalue weighted by atomic mass is 10.2. The predicted octanol–water partition coefficient (Wildman–Crippen LogP) is 3.37. The molecule has 0 saturated carbocycles. The second-order valence-electron chi connectivity index (χ2n) is 6.13. The van der Waals surface area contributed by atoms with Crippen LogP contribution >= 0.6 is 0 Å². The first-order chi connectivity index (χ1) is 13.0. The zero-order chi connectivity index (χ0) is 19.1. The fraction of sp³-hybridized carbons (Fsp3) is 0.143. The maximum atomic E-state index is 12.3. The lowest BCUT2D eigenvalue weighted by molar-refractivity contribution is 0.321. The standard InChI is InChI=1S/C21H22N2O3S/c22-19-9-11-21(12-10-19)27(24,25)23-16-18-7-4-8-20(15-18)26-14-13-17-5-2-1-3-6-17/h1-12,15,23H,13-14,16,22H2. The summed E-state index contributed by atoms with van der Waals surface area (Å²) in [5.74, 6) is 0.718. The van der Waals surface area contributed by atoms with Crippen molar-refractivity contribution in [2.75, 3.05) is 12.3 Å². The van der Waals surface area contributed by atoms with Crippen LogP contribution in [0.2, 0.25) is 0 Å². The predicted molar refractivity (Wildman–Crippen MR) is 107 cm³/mol. The second-order valence-corrected chi connectivity index (χ2v) is 7.89. The summed E-state index contributed by atoms with van der Waals surface area (Å²) >= 11 is 0. The molecule has 0 saturated heterocycles. The number of nitrogens with two attached hydrogens (primary N) is 1. The monoisotopic (exact) mass is 382 g/mol. The third-order valence-corrected chi connectivity index (χ3v) is 5.47. The maximum Gasteiger partial charge on any atom is 0.240 e. The normalized spacial score (nSPS) is 11.3. The largest absolute Gasteiger partial charge is 0.493 e. The van der Waals surface area contributed by atoms with E-state index in [1.54, 1.807) is 12.1 Å². The minimum absolute atomic E-state index is 0.183. The number of rotatable bonds is 8. The zero-order valence-electron chi connectivity index (χ0n) is 14.8. The molecule has 0 heterocycles. The van der Waals surface area contributed by atoms with Crippen molar-refractivity contribution in [1.29, 1.82) is 0 Å². The fourth-order valence-electron chi connectivity index (χ4n) is 2.59. The van der Waals surface area contributed by atoms with Crippen molar-refractivity contribution in [3.63, 3.8) is 0 Å². The van der Waals surface area contributed by atoms with Gasteiger partial charge in [-0.15, -0.1) is 0 Å². The molecule has 0 fully saturated rings. The highest BCUT2D eigenvalue weighted by molar-refractivity contribution is 7.89. The lowest BCUT2D eigenvalue weighted by Gasteiger charge is -2.10. The van der Waals surface area contributed by atoms with Crippen LogP contribution in [0.3, 0.4) is 0 Å². The summed E-state index contributed by atoms with van der Waals surface area (Å²) in [4.78, 5) is 0.187. The van der Waals surface area contributed by atoms with Crippen molar-refractivity contribution in [3.05, 3.63) is 90.0 Å². The number of sulfonamides is 1. The molecule has 0 unspecified atom stereocenters. The minimum Gasteiger partial charge on any atom is -0.493 e. The van der Waals surface area contributed by atoms with Gasteiger partial charge in [0.2, 0.25) is 10.0 Å². The molecule has 140 valence electrons. The van der Waals surface area contributed by atoms with E-state index >= 15 is 0 Å². The Morgan fingerprint density at radius 1 is 0.852 bits per heavy atom. The highest BCUT2D eigenvalue weighted by Gasteiger charge is 2.13. The van der Waals surface area contributed by atoms with E-state index in [0.717, 1.165) is 17.7 Å². The molecule has 3 aromatic carbocycles. The Morgan fingerprint density at radius 3 is 2.30 bits per heavy atom. The van der Waals surface area contributed by atoms with E-state index in [4.69, 9.17) is 10.5 Å². The van der Waals surface area contributed by atoms with Crippen molar-refractivity contribution in [3.8, 4) is 5.75 Å². The average molecular weight is 382 g/mol. The summed E-state index contributed by atoms with van der Waals surface area (Å²) in [7, 11) is -3.59. The number of anilines is 1. The molecule has 3 N–H and O–H groups in total. The van der Waals surface area contributed by atoms with Gasteiger partial charge in [-0.05, 0) is 47.5 Å². The van der Waals surface area contributed by atoms with E-state index in [-0.39, 0.29) is 11.4 Å². The van der Waals surface area contributed by atoms with Crippen molar-refractivity contribution < 1.29 is 13.2 Å². The van der Waals surface area contributed by atoms with Gasteiger partial charge in [0.05, 0.1) is 11.5 Å². The van der Waals surface area contributed by atoms with Gasteiger partial charge in [-0.3, -0.25) is 0 Å². The molecule has 0 bridgehead atoms. The van der Waals surface area contributed by atoms with Gasteiger partial charge in [-0.25, -0.2) is 13.1 Å². The molecule has 0 aromatic heterocycles. The number of ether oxygens (including phenoxy) is 1. The van der Waals surface area contributed by atoms with Crippen LogP contribution in [-0.2, 0) is 23.0 Å². The van der Waals surface area contributed by atoms with E-state index in [0.29, 0.717) is 12.3 Å². The third-order valence-electron chi connectivity index (χ3n) is 4.06. The smallest absolute Gasteiger partial charge is 0.240 e. The van der Waals surface area contributed by atoms with E-state index < -0.39 is 10.0 Å². The van der Waals surface area contributed by atoms with Gasteiger partial charge in [0.25, 0.3) is 0 Å². The van der Waals surface area contributed by atoms with Crippen molar-refractivity contribution >= 4 is 15.7 Å². The Bertz CT molecular complexity index is 972. The quantitative estimate of drug-likeness (QED) is 0.585. The average Bonchev–Trinajstić information content (AvgIpc) is 2.68. The number of benzene rings is 3. The van der Waals surface area contributed by atoms with E-state index in [9.17, 15) is 8.42 Å². The van der Waals surface area contributed by atoms with Crippen molar-refractivity contribution in [1.82, 2.24) is 4.72 Å². The van der Waals surface area contributed by atoms with Crippen LogP contribution in [0, 0.1) is 0 Å². The van der Waals surface area contributed by atoms with Crippen molar-refractivity contribution in [2.45, 2.75) is 17.9 Å². The topological polar surface area (TPSA) is 81.4 Å². The fourth-order valence-corrected chi connectivity index (χ4v) is 3.60. The highest BCUT2D eigenvalue weighted by Crippen LogP contribution is 2.16. The van der Waals surface area contributed by atoms with Crippen LogP contribution in [0.1, 0.15) is 11.1 Å². The van der Waals surface area contributed by atoms with E-state index in [2.05, 4.69) is 16.9 Å². The first-order valence-corrected chi connectivity index (χ1v) is 10.1. The molecule has 0 aliphatic rings. The number of nitrogen functional groups attached to an aromatic ring is 1. The molecule has 0 atom stereocenters. The summed E-state index contributed by atoms with van der Waals surface area (Å²) < 4.78 is 33.1.